The SMILES string of the molecule is COC(=O)C1=C(C)N(c2ccc(F)cc2)/C(=C\c2ccc(OCC(=O)NCc3ccco3)cc2)C1=O. The highest BCUT2D eigenvalue weighted by Crippen LogP contribution is 2.35. The molecule has 36 heavy (non-hydrogen) atoms. The third-order valence-electron chi connectivity index (χ3n) is 5.47. The largest absolute Gasteiger partial charge is 0.484 e. The Balaban J connectivity index is 1.49. The highest BCUT2D eigenvalue weighted by molar-refractivity contribution is 6.30. The van der Waals surface area contributed by atoms with Gasteiger partial charge in [-0.1, -0.05) is 12.1 Å². The third kappa shape index (κ3) is 5.35. The van der Waals surface area contributed by atoms with Crippen LogP contribution in [0, 0.1) is 5.82 Å². The predicted octanol–water partition coefficient (Wildman–Crippen LogP) is 3.99. The number of halogens is 1. The number of hydrogen-bond acceptors (Lipinski definition) is 7. The van der Waals surface area contributed by atoms with Gasteiger partial charge >= 0.3 is 5.97 Å². The van der Waals surface area contributed by atoms with Crippen LogP contribution in [0.5, 0.6) is 5.75 Å². The van der Waals surface area contributed by atoms with E-state index in [9.17, 15) is 18.8 Å². The molecule has 1 aromatic heterocycles. The summed E-state index contributed by atoms with van der Waals surface area (Å²) in [6, 6.07) is 15.8. The van der Waals surface area contributed by atoms with Gasteiger partial charge in [-0.15, -0.1) is 0 Å². The number of allylic oxidation sites excluding steroid dienone is 2. The van der Waals surface area contributed by atoms with Crippen molar-refractivity contribution < 1.29 is 32.7 Å². The lowest BCUT2D eigenvalue weighted by Gasteiger charge is -2.21. The average molecular weight is 490 g/mol. The summed E-state index contributed by atoms with van der Waals surface area (Å²) >= 11 is 0. The summed E-state index contributed by atoms with van der Waals surface area (Å²) in [6.07, 6.45) is 3.14. The monoisotopic (exact) mass is 490 g/mol. The Morgan fingerprint density at radius 3 is 2.44 bits per heavy atom. The molecule has 4 rings (SSSR count). The van der Waals surface area contributed by atoms with Crippen molar-refractivity contribution in [1.29, 1.82) is 0 Å². The maximum atomic E-state index is 13.5. The van der Waals surface area contributed by atoms with Crippen molar-refractivity contribution in [2.75, 3.05) is 18.6 Å². The number of Topliss-reactive ketones (excluding diaryl/α,β-unsaturated/α-hetero) is 1. The number of nitrogens with one attached hydrogen (secondary N) is 1. The van der Waals surface area contributed by atoms with Gasteiger partial charge in [-0.05, 0) is 67.1 Å². The van der Waals surface area contributed by atoms with E-state index in [2.05, 4.69) is 5.32 Å². The van der Waals surface area contributed by atoms with Crippen LogP contribution < -0.4 is 15.0 Å². The molecule has 1 aliphatic heterocycles. The Hall–Kier alpha value is -4.66. The van der Waals surface area contributed by atoms with E-state index in [1.165, 1.54) is 37.6 Å². The number of furan rings is 1. The minimum absolute atomic E-state index is 0.0893. The van der Waals surface area contributed by atoms with Crippen molar-refractivity contribution >= 4 is 29.4 Å². The molecule has 1 amide bonds. The average Bonchev–Trinajstić information content (AvgIpc) is 3.49. The predicted molar refractivity (Wildman–Crippen MR) is 129 cm³/mol. The van der Waals surface area contributed by atoms with Gasteiger partial charge in [-0.2, -0.15) is 0 Å². The molecule has 0 unspecified atom stereocenters. The van der Waals surface area contributed by atoms with Crippen molar-refractivity contribution in [3.63, 3.8) is 0 Å². The van der Waals surface area contributed by atoms with E-state index in [0.717, 1.165) is 0 Å². The Labute approximate surface area is 206 Å². The maximum absolute atomic E-state index is 13.5. The van der Waals surface area contributed by atoms with Gasteiger partial charge < -0.3 is 24.1 Å². The van der Waals surface area contributed by atoms with Gasteiger partial charge in [0.15, 0.2) is 6.61 Å². The Kier molecular flexibility index (Phi) is 7.29. The Bertz CT molecular complexity index is 1330. The minimum Gasteiger partial charge on any atom is -0.484 e. The molecular formula is C27H23FN2O6. The first-order valence-corrected chi connectivity index (χ1v) is 11.0. The van der Waals surface area contributed by atoms with Gasteiger partial charge in [0, 0.05) is 11.4 Å². The number of esters is 1. The summed E-state index contributed by atoms with van der Waals surface area (Å²) in [6.45, 7) is 1.72. The zero-order valence-electron chi connectivity index (χ0n) is 19.6. The Morgan fingerprint density at radius 2 is 1.81 bits per heavy atom. The maximum Gasteiger partial charge on any atom is 0.343 e. The van der Waals surface area contributed by atoms with Crippen molar-refractivity contribution in [2.24, 2.45) is 0 Å². The van der Waals surface area contributed by atoms with Crippen LogP contribution in [0.4, 0.5) is 10.1 Å². The number of nitrogens with zero attached hydrogens (tertiary/aromatic N) is 1. The van der Waals surface area contributed by atoms with E-state index in [0.29, 0.717) is 28.5 Å². The van der Waals surface area contributed by atoms with Crippen LogP contribution in [-0.4, -0.2) is 31.4 Å². The van der Waals surface area contributed by atoms with Crippen LogP contribution in [0.15, 0.2) is 88.3 Å². The molecule has 0 aliphatic carbocycles. The molecule has 2 heterocycles. The molecule has 3 aromatic rings. The van der Waals surface area contributed by atoms with Crippen molar-refractivity contribution in [2.45, 2.75) is 13.5 Å². The molecule has 0 radical (unpaired) electrons. The molecule has 1 N–H and O–H groups in total. The first-order chi connectivity index (χ1) is 17.4. The second-order valence-electron chi connectivity index (χ2n) is 7.84. The van der Waals surface area contributed by atoms with E-state index in [1.807, 2.05) is 0 Å². The van der Waals surface area contributed by atoms with Gasteiger partial charge in [0.1, 0.15) is 22.9 Å². The highest BCUT2D eigenvalue weighted by atomic mass is 19.1. The fourth-order valence-electron chi connectivity index (χ4n) is 3.70. The number of rotatable bonds is 8. The number of ketones is 1. The van der Waals surface area contributed by atoms with E-state index < -0.39 is 17.6 Å². The molecule has 9 heteroatoms. The first kappa shape index (κ1) is 24.5. The number of methoxy groups -OCH3 is 1. The lowest BCUT2D eigenvalue weighted by atomic mass is 10.1. The fourth-order valence-corrected chi connectivity index (χ4v) is 3.70. The summed E-state index contributed by atoms with van der Waals surface area (Å²) in [5.74, 6) is -0.880. The standard InChI is InChI=1S/C27H23FN2O6/c1-17-25(27(33)34-2)26(32)23(30(17)20-9-7-19(28)8-10-20)14-18-5-11-21(12-6-18)36-16-24(31)29-15-22-4-3-13-35-22/h3-14H,15-16H2,1-2H3,(H,29,31)/b23-14-. The van der Waals surface area contributed by atoms with Gasteiger partial charge in [0.05, 0.1) is 25.6 Å². The number of hydrogen-bond donors (Lipinski definition) is 1. The van der Waals surface area contributed by atoms with E-state index in [1.54, 1.807) is 54.3 Å². The molecule has 0 spiro atoms. The lowest BCUT2D eigenvalue weighted by molar-refractivity contribution is -0.137. The third-order valence-corrected chi connectivity index (χ3v) is 5.47. The topological polar surface area (TPSA) is 98.1 Å². The summed E-state index contributed by atoms with van der Waals surface area (Å²) in [4.78, 5) is 39.0. The second-order valence-corrected chi connectivity index (χ2v) is 7.84. The number of anilines is 1. The molecular weight excluding hydrogens is 467 g/mol. The smallest absolute Gasteiger partial charge is 0.343 e. The highest BCUT2D eigenvalue weighted by Gasteiger charge is 2.38. The normalized spacial score (nSPS) is 14.4. The molecule has 1 aliphatic rings. The van der Waals surface area contributed by atoms with E-state index >= 15 is 0 Å². The molecule has 8 nitrogen and oxygen atoms in total. The summed E-state index contributed by atoms with van der Waals surface area (Å²) in [5.41, 5.74) is 1.68. The van der Waals surface area contributed by atoms with Crippen molar-refractivity contribution in [3.05, 3.63) is 101 Å². The number of benzene rings is 2. The number of carbonyl (C=O) groups is 3. The molecule has 0 saturated carbocycles. The zero-order valence-corrected chi connectivity index (χ0v) is 19.6. The number of ether oxygens (including phenoxy) is 2. The molecule has 0 atom stereocenters. The quantitative estimate of drug-likeness (QED) is 0.290. The summed E-state index contributed by atoms with van der Waals surface area (Å²) < 4.78 is 29.0. The summed E-state index contributed by atoms with van der Waals surface area (Å²) in [5, 5.41) is 2.69. The van der Waals surface area contributed by atoms with Crippen molar-refractivity contribution in [3.8, 4) is 5.75 Å². The first-order valence-electron chi connectivity index (χ1n) is 11.0. The van der Waals surface area contributed by atoms with Crippen LogP contribution >= 0.6 is 0 Å². The van der Waals surface area contributed by atoms with Crippen molar-refractivity contribution in [1.82, 2.24) is 5.32 Å². The van der Waals surface area contributed by atoms with Gasteiger partial charge in [0.25, 0.3) is 5.91 Å². The number of carbonyl (C=O) groups excluding carboxylic acids is 3. The van der Waals surface area contributed by atoms with Crippen LogP contribution in [0.2, 0.25) is 0 Å². The minimum atomic E-state index is -0.748. The molecule has 2 aromatic carbocycles. The van der Waals surface area contributed by atoms with Crippen LogP contribution in [0.1, 0.15) is 18.2 Å². The molecule has 0 fully saturated rings. The lowest BCUT2D eigenvalue weighted by Crippen LogP contribution is -2.28. The molecule has 0 saturated heterocycles. The summed E-state index contributed by atoms with van der Waals surface area (Å²) in [7, 11) is 1.20. The van der Waals surface area contributed by atoms with Gasteiger partial charge in [0.2, 0.25) is 5.78 Å². The van der Waals surface area contributed by atoms with E-state index in [4.69, 9.17) is 13.9 Å². The van der Waals surface area contributed by atoms with Crippen LogP contribution in [0.25, 0.3) is 6.08 Å². The second kappa shape index (κ2) is 10.7. The zero-order chi connectivity index (χ0) is 25.7. The number of amides is 1. The van der Waals surface area contributed by atoms with Crippen LogP contribution in [-0.2, 0) is 25.7 Å². The molecule has 184 valence electrons. The molecule has 0 bridgehead atoms. The van der Waals surface area contributed by atoms with E-state index in [-0.39, 0.29) is 30.3 Å². The Morgan fingerprint density at radius 1 is 1.08 bits per heavy atom. The van der Waals surface area contributed by atoms with Gasteiger partial charge in [-0.3, -0.25) is 9.59 Å². The van der Waals surface area contributed by atoms with Gasteiger partial charge in [-0.25, -0.2) is 9.18 Å². The fraction of sp³-hybridized carbons (Fsp3) is 0.148. The van der Waals surface area contributed by atoms with Crippen LogP contribution in [0.3, 0.4) is 0 Å².